The summed E-state index contributed by atoms with van der Waals surface area (Å²) in [6.07, 6.45) is 0.369. The molecule has 0 radical (unpaired) electrons. The number of amides is 1. The van der Waals surface area contributed by atoms with Crippen molar-refractivity contribution in [3.63, 3.8) is 0 Å². The first kappa shape index (κ1) is 24.1. The van der Waals surface area contributed by atoms with Gasteiger partial charge in [-0.05, 0) is 42.3 Å². The van der Waals surface area contributed by atoms with Crippen LogP contribution in [-0.2, 0) is 6.42 Å². The van der Waals surface area contributed by atoms with Crippen molar-refractivity contribution in [1.82, 2.24) is 15.3 Å². The van der Waals surface area contributed by atoms with Crippen LogP contribution in [0.5, 0.6) is 17.2 Å². The van der Waals surface area contributed by atoms with Gasteiger partial charge in [0.15, 0.2) is 11.5 Å². The summed E-state index contributed by atoms with van der Waals surface area (Å²) >= 11 is 0. The molecule has 2 N–H and O–H groups in total. The third kappa shape index (κ3) is 4.53. The fraction of sp³-hybridized carbons (Fsp3) is 0.172. The maximum atomic E-state index is 14.0. The standard InChI is InChI=1S/C29H26FN3O4/c1-35-24-14-18(15-25(36-2)28(24)37-3)26-27-20(19-9-5-7-11-22(19)32-27)16-23(33-26)29(34)31-13-12-17-8-4-6-10-21(17)30/h4-11,14-16,32H,12-13H2,1-3H3,(H,31,34). The third-order valence-corrected chi connectivity index (χ3v) is 6.30. The van der Waals surface area contributed by atoms with Gasteiger partial charge in [0, 0.05) is 28.4 Å². The second kappa shape index (κ2) is 10.2. The highest BCUT2D eigenvalue weighted by atomic mass is 19.1. The van der Waals surface area contributed by atoms with Crippen molar-refractivity contribution in [2.24, 2.45) is 0 Å². The van der Waals surface area contributed by atoms with Crippen LogP contribution >= 0.6 is 0 Å². The Bertz CT molecular complexity index is 1590. The Balaban J connectivity index is 1.59. The number of nitrogens with zero attached hydrogens (tertiary/aromatic N) is 1. The summed E-state index contributed by atoms with van der Waals surface area (Å²) in [6.45, 7) is 0.271. The van der Waals surface area contributed by atoms with E-state index in [4.69, 9.17) is 19.2 Å². The van der Waals surface area contributed by atoms with E-state index in [9.17, 15) is 9.18 Å². The number of rotatable bonds is 8. The van der Waals surface area contributed by atoms with Crippen molar-refractivity contribution in [3.05, 3.63) is 83.8 Å². The molecule has 0 atom stereocenters. The van der Waals surface area contributed by atoms with Crippen molar-refractivity contribution < 1.29 is 23.4 Å². The van der Waals surface area contributed by atoms with E-state index in [2.05, 4.69) is 10.3 Å². The maximum Gasteiger partial charge on any atom is 0.269 e. The Kier molecular flexibility index (Phi) is 6.64. The van der Waals surface area contributed by atoms with Crippen LogP contribution in [0.1, 0.15) is 16.1 Å². The lowest BCUT2D eigenvalue weighted by Crippen LogP contribution is -2.26. The number of benzene rings is 3. The average Bonchev–Trinajstić information content (AvgIpc) is 3.31. The van der Waals surface area contributed by atoms with Gasteiger partial charge in [0.05, 0.1) is 32.5 Å². The SMILES string of the molecule is COc1cc(-c2nc(C(=O)NCCc3ccccc3F)cc3c2[nH]c2ccccc23)cc(OC)c1OC. The largest absolute Gasteiger partial charge is 0.493 e. The second-order valence-corrected chi connectivity index (χ2v) is 8.46. The zero-order valence-electron chi connectivity index (χ0n) is 20.7. The van der Waals surface area contributed by atoms with Gasteiger partial charge >= 0.3 is 0 Å². The van der Waals surface area contributed by atoms with Crippen molar-refractivity contribution in [2.75, 3.05) is 27.9 Å². The molecular weight excluding hydrogens is 473 g/mol. The van der Waals surface area contributed by atoms with E-state index in [1.165, 1.54) is 6.07 Å². The third-order valence-electron chi connectivity index (χ3n) is 6.30. The van der Waals surface area contributed by atoms with Crippen molar-refractivity contribution in [2.45, 2.75) is 6.42 Å². The molecule has 7 nitrogen and oxygen atoms in total. The van der Waals surface area contributed by atoms with E-state index >= 15 is 0 Å². The number of methoxy groups -OCH3 is 3. The van der Waals surface area contributed by atoms with E-state index in [0.29, 0.717) is 40.5 Å². The molecule has 8 heteroatoms. The first-order valence-electron chi connectivity index (χ1n) is 11.8. The first-order chi connectivity index (χ1) is 18.0. The minimum Gasteiger partial charge on any atom is -0.493 e. The van der Waals surface area contributed by atoms with Crippen molar-refractivity contribution in [1.29, 1.82) is 0 Å². The number of fused-ring (bicyclic) bond motifs is 3. The molecule has 2 aromatic heterocycles. The molecular formula is C29H26FN3O4. The fourth-order valence-electron chi connectivity index (χ4n) is 4.49. The highest BCUT2D eigenvalue weighted by molar-refractivity contribution is 6.13. The van der Waals surface area contributed by atoms with Gasteiger partial charge in [-0.25, -0.2) is 9.37 Å². The van der Waals surface area contributed by atoms with Gasteiger partial charge in [0.1, 0.15) is 11.5 Å². The van der Waals surface area contributed by atoms with Crippen molar-refractivity contribution in [3.8, 4) is 28.5 Å². The molecule has 0 fully saturated rings. The molecule has 0 saturated carbocycles. The van der Waals surface area contributed by atoms with Crippen LogP contribution in [0.15, 0.2) is 66.7 Å². The summed E-state index contributed by atoms with van der Waals surface area (Å²) in [7, 11) is 4.64. The van der Waals surface area contributed by atoms with Crippen LogP contribution in [0.2, 0.25) is 0 Å². The van der Waals surface area contributed by atoms with Crippen molar-refractivity contribution >= 4 is 27.7 Å². The Morgan fingerprint density at radius 1 is 0.919 bits per heavy atom. The van der Waals surface area contributed by atoms with Gasteiger partial charge in [-0.15, -0.1) is 0 Å². The summed E-state index contributed by atoms with van der Waals surface area (Å²) < 4.78 is 30.5. The van der Waals surface area contributed by atoms with Crippen LogP contribution in [0.3, 0.4) is 0 Å². The summed E-state index contributed by atoms with van der Waals surface area (Å²) in [5, 5.41) is 4.70. The predicted octanol–water partition coefficient (Wildman–Crippen LogP) is 5.52. The molecule has 0 saturated heterocycles. The molecule has 0 aliphatic heterocycles. The number of carbonyl (C=O) groups is 1. The second-order valence-electron chi connectivity index (χ2n) is 8.46. The first-order valence-corrected chi connectivity index (χ1v) is 11.8. The van der Waals surface area contributed by atoms with E-state index in [1.54, 1.807) is 57.7 Å². The Morgan fingerprint density at radius 2 is 1.62 bits per heavy atom. The number of aromatic amines is 1. The van der Waals surface area contributed by atoms with E-state index in [-0.39, 0.29) is 24.0 Å². The fourth-order valence-corrected chi connectivity index (χ4v) is 4.49. The van der Waals surface area contributed by atoms with Crippen LogP contribution < -0.4 is 19.5 Å². The molecule has 3 aromatic carbocycles. The van der Waals surface area contributed by atoms with E-state index in [0.717, 1.165) is 21.8 Å². The number of hydrogen-bond acceptors (Lipinski definition) is 5. The van der Waals surface area contributed by atoms with Gasteiger partial charge in [0.25, 0.3) is 5.91 Å². The number of halogens is 1. The Hall–Kier alpha value is -4.59. The summed E-state index contributed by atoms with van der Waals surface area (Å²) in [4.78, 5) is 21.4. The summed E-state index contributed by atoms with van der Waals surface area (Å²) in [5.74, 6) is 0.769. The molecule has 0 aliphatic carbocycles. The van der Waals surface area contributed by atoms with Crippen LogP contribution in [0.4, 0.5) is 4.39 Å². The normalized spacial score (nSPS) is 11.0. The quantitative estimate of drug-likeness (QED) is 0.294. The lowest BCUT2D eigenvalue weighted by atomic mass is 10.0. The number of H-pyrrole nitrogens is 1. The molecule has 5 aromatic rings. The molecule has 0 aliphatic rings. The van der Waals surface area contributed by atoms with Gasteiger partial charge in [0.2, 0.25) is 5.75 Å². The maximum absolute atomic E-state index is 14.0. The zero-order chi connectivity index (χ0) is 25.9. The Morgan fingerprint density at radius 3 is 2.32 bits per heavy atom. The number of para-hydroxylation sites is 1. The zero-order valence-corrected chi connectivity index (χ0v) is 20.7. The molecule has 37 heavy (non-hydrogen) atoms. The van der Waals surface area contributed by atoms with Gasteiger partial charge in [-0.2, -0.15) is 0 Å². The molecule has 0 unspecified atom stereocenters. The number of pyridine rings is 1. The Labute approximate surface area is 213 Å². The van der Waals surface area contributed by atoms with Gasteiger partial charge in [-0.1, -0.05) is 36.4 Å². The van der Waals surface area contributed by atoms with E-state index in [1.807, 2.05) is 24.3 Å². The predicted molar refractivity (Wildman–Crippen MR) is 141 cm³/mol. The molecule has 5 rings (SSSR count). The summed E-state index contributed by atoms with van der Waals surface area (Å²) in [6, 6.07) is 19.8. The molecule has 0 bridgehead atoms. The van der Waals surface area contributed by atoms with Gasteiger partial charge in [-0.3, -0.25) is 4.79 Å². The number of nitrogens with one attached hydrogen (secondary N) is 2. The van der Waals surface area contributed by atoms with Crippen LogP contribution in [0.25, 0.3) is 33.1 Å². The topological polar surface area (TPSA) is 85.5 Å². The summed E-state index contributed by atoms with van der Waals surface area (Å²) in [5.41, 5.74) is 3.73. The smallest absolute Gasteiger partial charge is 0.269 e. The molecule has 0 spiro atoms. The average molecular weight is 500 g/mol. The highest BCUT2D eigenvalue weighted by Crippen LogP contribution is 2.42. The minimum atomic E-state index is -0.350. The molecule has 2 heterocycles. The number of ether oxygens (including phenoxy) is 3. The lowest BCUT2D eigenvalue weighted by molar-refractivity contribution is 0.0949. The number of hydrogen-bond donors (Lipinski definition) is 2. The molecule has 1 amide bonds. The van der Waals surface area contributed by atoms with E-state index < -0.39 is 0 Å². The number of carbonyl (C=O) groups excluding carboxylic acids is 1. The van der Waals surface area contributed by atoms with Crippen LogP contribution in [-0.4, -0.2) is 43.7 Å². The highest BCUT2D eigenvalue weighted by Gasteiger charge is 2.20. The van der Waals surface area contributed by atoms with Gasteiger partial charge < -0.3 is 24.5 Å². The lowest BCUT2D eigenvalue weighted by Gasteiger charge is -2.15. The minimum absolute atomic E-state index is 0.245. The molecule has 188 valence electrons. The van der Waals surface area contributed by atoms with Crippen LogP contribution in [0, 0.1) is 5.82 Å². The number of aromatic nitrogens is 2. The monoisotopic (exact) mass is 499 g/mol.